The van der Waals surface area contributed by atoms with Gasteiger partial charge in [0, 0.05) is 11.6 Å². The predicted molar refractivity (Wildman–Crippen MR) is 70.7 cm³/mol. The minimum atomic E-state index is -0.531. The monoisotopic (exact) mass is 248 g/mol. The van der Waals surface area contributed by atoms with Crippen molar-refractivity contribution in [3.05, 3.63) is 23.8 Å². The van der Waals surface area contributed by atoms with Gasteiger partial charge in [-0.25, -0.2) is 0 Å². The molecule has 1 aromatic carbocycles. The number of nitriles is 1. The first-order chi connectivity index (χ1) is 8.50. The normalized spacial score (nSPS) is 12.7. The van der Waals surface area contributed by atoms with Gasteiger partial charge in [0.05, 0.1) is 31.7 Å². The second-order valence-corrected chi connectivity index (χ2v) is 4.66. The SMILES string of the molecule is CNC(c1ccc(OC)cc1OC)C(C)(C)C#N. The van der Waals surface area contributed by atoms with Crippen LogP contribution in [-0.2, 0) is 0 Å². The molecule has 0 amide bonds. The molecule has 1 N–H and O–H groups in total. The highest BCUT2D eigenvalue weighted by atomic mass is 16.5. The fourth-order valence-electron chi connectivity index (χ4n) is 2.03. The van der Waals surface area contributed by atoms with Gasteiger partial charge < -0.3 is 14.8 Å². The molecular formula is C14H20N2O2. The summed E-state index contributed by atoms with van der Waals surface area (Å²) in [6, 6.07) is 7.84. The Balaban J connectivity index is 3.26. The molecule has 4 heteroatoms. The molecule has 0 aliphatic rings. The lowest BCUT2D eigenvalue weighted by molar-refractivity contribution is 0.324. The molecule has 0 saturated heterocycles. The molecule has 1 rings (SSSR count). The number of ether oxygens (including phenoxy) is 2. The van der Waals surface area contributed by atoms with Crippen molar-refractivity contribution in [2.24, 2.45) is 5.41 Å². The maximum atomic E-state index is 9.27. The van der Waals surface area contributed by atoms with Gasteiger partial charge in [0.2, 0.25) is 0 Å². The summed E-state index contributed by atoms with van der Waals surface area (Å²) in [5.74, 6) is 1.46. The van der Waals surface area contributed by atoms with E-state index >= 15 is 0 Å². The molecular weight excluding hydrogens is 228 g/mol. The van der Waals surface area contributed by atoms with E-state index in [1.54, 1.807) is 14.2 Å². The van der Waals surface area contributed by atoms with Crippen molar-refractivity contribution in [2.45, 2.75) is 19.9 Å². The number of hydrogen-bond acceptors (Lipinski definition) is 4. The van der Waals surface area contributed by atoms with Crippen LogP contribution < -0.4 is 14.8 Å². The van der Waals surface area contributed by atoms with Gasteiger partial charge >= 0.3 is 0 Å². The first kappa shape index (κ1) is 14.3. The fraction of sp³-hybridized carbons (Fsp3) is 0.500. The topological polar surface area (TPSA) is 54.3 Å². The van der Waals surface area contributed by atoms with Gasteiger partial charge in [0.1, 0.15) is 11.5 Å². The van der Waals surface area contributed by atoms with E-state index in [0.29, 0.717) is 0 Å². The summed E-state index contributed by atoms with van der Waals surface area (Å²) in [6.07, 6.45) is 0. The number of nitrogens with zero attached hydrogens (tertiary/aromatic N) is 1. The maximum absolute atomic E-state index is 9.27. The minimum Gasteiger partial charge on any atom is -0.497 e. The molecule has 18 heavy (non-hydrogen) atoms. The van der Waals surface area contributed by atoms with E-state index < -0.39 is 5.41 Å². The third kappa shape index (κ3) is 2.74. The molecule has 0 radical (unpaired) electrons. The van der Waals surface area contributed by atoms with Crippen molar-refractivity contribution >= 4 is 0 Å². The highest BCUT2D eigenvalue weighted by molar-refractivity contribution is 5.43. The van der Waals surface area contributed by atoms with Gasteiger partial charge in [0.15, 0.2) is 0 Å². The molecule has 0 bridgehead atoms. The van der Waals surface area contributed by atoms with Crippen LogP contribution in [0.3, 0.4) is 0 Å². The molecule has 4 nitrogen and oxygen atoms in total. The molecule has 0 fully saturated rings. The largest absolute Gasteiger partial charge is 0.497 e. The first-order valence-electron chi connectivity index (χ1n) is 5.80. The lowest BCUT2D eigenvalue weighted by atomic mass is 9.81. The van der Waals surface area contributed by atoms with Crippen molar-refractivity contribution < 1.29 is 9.47 Å². The lowest BCUT2D eigenvalue weighted by Crippen LogP contribution is -2.31. The van der Waals surface area contributed by atoms with Crippen molar-refractivity contribution in [3.63, 3.8) is 0 Å². The predicted octanol–water partition coefficient (Wildman–Crippen LogP) is 2.51. The highest BCUT2D eigenvalue weighted by Gasteiger charge is 2.31. The molecule has 98 valence electrons. The average molecular weight is 248 g/mol. The molecule has 1 atom stereocenters. The van der Waals surface area contributed by atoms with Gasteiger partial charge in [0.25, 0.3) is 0 Å². The minimum absolute atomic E-state index is 0.108. The Morgan fingerprint density at radius 2 is 1.94 bits per heavy atom. The Morgan fingerprint density at radius 1 is 1.28 bits per heavy atom. The molecule has 0 aliphatic heterocycles. The second kappa shape index (κ2) is 5.74. The van der Waals surface area contributed by atoms with Gasteiger partial charge in [-0.2, -0.15) is 5.26 Å². The molecule has 0 heterocycles. The lowest BCUT2D eigenvalue weighted by Gasteiger charge is -2.29. The number of benzene rings is 1. The van der Waals surface area contributed by atoms with Crippen LogP contribution in [0.4, 0.5) is 0 Å². The van der Waals surface area contributed by atoms with Gasteiger partial charge in [-0.1, -0.05) is 6.07 Å². The quantitative estimate of drug-likeness (QED) is 0.870. The highest BCUT2D eigenvalue weighted by Crippen LogP contribution is 2.38. The zero-order chi connectivity index (χ0) is 13.8. The summed E-state index contributed by atoms with van der Waals surface area (Å²) in [6.45, 7) is 3.80. The van der Waals surface area contributed by atoms with Crippen LogP contribution in [0.5, 0.6) is 11.5 Å². The van der Waals surface area contributed by atoms with Gasteiger partial charge in [-0.15, -0.1) is 0 Å². The van der Waals surface area contributed by atoms with E-state index in [1.807, 2.05) is 39.1 Å². The molecule has 0 aliphatic carbocycles. The Morgan fingerprint density at radius 3 is 2.39 bits per heavy atom. The van der Waals surface area contributed by atoms with Crippen molar-refractivity contribution in [1.29, 1.82) is 5.26 Å². The van der Waals surface area contributed by atoms with Crippen LogP contribution in [-0.4, -0.2) is 21.3 Å². The Labute approximate surface area is 109 Å². The third-order valence-corrected chi connectivity index (χ3v) is 3.05. The fourth-order valence-corrected chi connectivity index (χ4v) is 2.03. The van der Waals surface area contributed by atoms with E-state index in [4.69, 9.17) is 9.47 Å². The molecule has 0 spiro atoms. The molecule has 1 aromatic rings. The number of hydrogen-bond donors (Lipinski definition) is 1. The summed E-state index contributed by atoms with van der Waals surface area (Å²) in [5, 5.41) is 12.4. The summed E-state index contributed by atoms with van der Waals surface area (Å²) in [5.41, 5.74) is 0.420. The Kier molecular flexibility index (Phi) is 4.57. The van der Waals surface area contributed by atoms with E-state index in [2.05, 4.69) is 11.4 Å². The zero-order valence-corrected chi connectivity index (χ0v) is 11.6. The van der Waals surface area contributed by atoms with Crippen LogP contribution >= 0.6 is 0 Å². The number of nitrogens with one attached hydrogen (secondary N) is 1. The zero-order valence-electron chi connectivity index (χ0n) is 11.6. The van der Waals surface area contributed by atoms with Crippen LogP contribution in [0.15, 0.2) is 18.2 Å². The molecule has 0 aromatic heterocycles. The van der Waals surface area contributed by atoms with E-state index in [9.17, 15) is 5.26 Å². The summed E-state index contributed by atoms with van der Waals surface area (Å²) < 4.78 is 10.6. The number of rotatable bonds is 5. The second-order valence-electron chi connectivity index (χ2n) is 4.66. The first-order valence-corrected chi connectivity index (χ1v) is 5.80. The van der Waals surface area contributed by atoms with E-state index in [1.165, 1.54) is 0 Å². The van der Waals surface area contributed by atoms with Crippen LogP contribution in [0, 0.1) is 16.7 Å². The Bertz CT molecular complexity index is 450. The van der Waals surface area contributed by atoms with Crippen molar-refractivity contribution in [3.8, 4) is 17.6 Å². The van der Waals surface area contributed by atoms with E-state index in [-0.39, 0.29) is 6.04 Å². The summed E-state index contributed by atoms with van der Waals surface area (Å²) in [4.78, 5) is 0. The van der Waals surface area contributed by atoms with Crippen molar-refractivity contribution in [1.82, 2.24) is 5.32 Å². The maximum Gasteiger partial charge on any atom is 0.127 e. The summed E-state index contributed by atoms with van der Waals surface area (Å²) >= 11 is 0. The van der Waals surface area contributed by atoms with Crippen LogP contribution in [0.25, 0.3) is 0 Å². The number of methoxy groups -OCH3 is 2. The average Bonchev–Trinajstić information content (AvgIpc) is 2.39. The summed E-state index contributed by atoms with van der Waals surface area (Å²) in [7, 11) is 5.07. The van der Waals surface area contributed by atoms with Crippen molar-refractivity contribution in [2.75, 3.05) is 21.3 Å². The molecule has 1 unspecified atom stereocenters. The molecule has 0 saturated carbocycles. The smallest absolute Gasteiger partial charge is 0.127 e. The Hall–Kier alpha value is -1.73. The third-order valence-electron chi connectivity index (χ3n) is 3.05. The standard InChI is InChI=1S/C14H20N2O2/c1-14(2,9-15)13(16-3)11-7-6-10(17-4)8-12(11)18-5/h6-8,13,16H,1-5H3. The van der Waals surface area contributed by atoms with Gasteiger partial charge in [-0.05, 0) is 27.0 Å². The van der Waals surface area contributed by atoms with Gasteiger partial charge in [-0.3, -0.25) is 0 Å². The van der Waals surface area contributed by atoms with Crippen LogP contribution in [0.1, 0.15) is 25.5 Å². The van der Waals surface area contributed by atoms with Crippen LogP contribution in [0.2, 0.25) is 0 Å². The van der Waals surface area contributed by atoms with E-state index in [0.717, 1.165) is 17.1 Å².